The molecule has 0 saturated carbocycles. The largest absolute Gasteiger partial charge is 0.352 e. The van der Waals surface area contributed by atoms with E-state index in [0.717, 1.165) is 24.2 Å². The number of carbonyl (C=O) groups is 1. The van der Waals surface area contributed by atoms with Crippen molar-refractivity contribution >= 4 is 42.3 Å². The van der Waals surface area contributed by atoms with Crippen molar-refractivity contribution in [3.05, 3.63) is 70.7 Å². The highest BCUT2D eigenvalue weighted by molar-refractivity contribution is 6.30. The summed E-state index contributed by atoms with van der Waals surface area (Å²) in [5, 5.41) is 3.78. The standard InChI is InChI=1S/C21H26ClN3O.2ClH/c1-21(23,17-9-3-2-4-10-17)20(26)24-15-19(25-12-5-6-13-25)16-8-7-11-18(22)14-16;;/h2-4,7-11,14,19H,5-6,12-13,15,23H2,1H3,(H,24,26);2*1H. The fourth-order valence-electron chi connectivity index (χ4n) is 3.51. The van der Waals surface area contributed by atoms with Crippen LogP contribution in [0.15, 0.2) is 54.6 Å². The van der Waals surface area contributed by atoms with E-state index in [9.17, 15) is 4.79 Å². The Kier molecular flexibility index (Phi) is 9.75. The highest BCUT2D eigenvalue weighted by Gasteiger charge is 2.32. The molecule has 0 bridgehead atoms. The summed E-state index contributed by atoms with van der Waals surface area (Å²) in [4.78, 5) is 15.2. The van der Waals surface area contributed by atoms with Crippen LogP contribution in [0.25, 0.3) is 0 Å². The number of nitrogens with zero attached hydrogens (tertiary/aromatic N) is 1. The Balaban J connectivity index is 0.00000196. The molecule has 4 nitrogen and oxygen atoms in total. The highest BCUT2D eigenvalue weighted by atomic mass is 35.5. The number of carbonyl (C=O) groups excluding carboxylic acids is 1. The maximum absolute atomic E-state index is 12.8. The molecular weight excluding hydrogens is 417 g/mol. The van der Waals surface area contributed by atoms with E-state index in [1.807, 2.05) is 48.5 Å². The molecule has 1 heterocycles. The van der Waals surface area contributed by atoms with E-state index in [0.29, 0.717) is 11.6 Å². The minimum Gasteiger partial charge on any atom is -0.352 e. The third-order valence-electron chi connectivity index (χ3n) is 5.12. The van der Waals surface area contributed by atoms with Gasteiger partial charge in [-0.2, -0.15) is 0 Å². The molecule has 2 unspecified atom stereocenters. The van der Waals surface area contributed by atoms with Gasteiger partial charge in [-0.1, -0.05) is 54.1 Å². The Labute approximate surface area is 184 Å². The Hall–Kier alpha value is -1.30. The third-order valence-corrected chi connectivity index (χ3v) is 5.35. The van der Waals surface area contributed by atoms with Gasteiger partial charge in [-0.3, -0.25) is 9.69 Å². The molecule has 0 aliphatic carbocycles. The predicted molar refractivity (Wildman–Crippen MR) is 120 cm³/mol. The monoisotopic (exact) mass is 443 g/mol. The van der Waals surface area contributed by atoms with Crippen LogP contribution in [0.5, 0.6) is 0 Å². The van der Waals surface area contributed by atoms with Gasteiger partial charge in [-0.15, -0.1) is 24.8 Å². The number of hydrogen-bond acceptors (Lipinski definition) is 3. The van der Waals surface area contributed by atoms with Crippen LogP contribution in [0.1, 0.15) is 36.9 Å². The molecule has 0 aromatic heterocycles. The SMILES string of the molecule is CC(N)(C(=O)NCC(c1cccc(Cl)c1)N1CCCC1)c1ccccc1.Cl.Cl. The molecule has 0 spiro atoms. The zero-order valence-corrected chi connectivity index (χ0v) is 18.3. The summed E-state index contributed by atoms with van der Waals surface area (Å²) in [5.74, 6) is -0.171. The van der Waals surface area contributed by atoms with Crippen LogP contribution in [0.3, 0.4) is 0 Å². The first-order chi connectivity index (χ1) is 12.5. The van der Waals surface area contributed by atoms with Crippen molar-refractivity contribution in [2.75, 3.05) is 19.6 Å². The normalized spacial score (nSPS) is 17.0. The molecule has 2 atom stereocenters. The van der Waals surface area contributed by atoms with E-state index >= 15 is 0 Å². The van der Waals surface area contributed by atoms with E-state index in [-0.39, 0.29) is 36.8 Å². The maximum atomic E-state index is 12.8. The first-order valence-corrected chi connectivity index (χ1v) is 9.48. The van der Waals surface area contributed by atoms with Gasteiger partial charge in [0.25, 0.3) is 0 Å². The smallest absolute Gasteiger partial charge is 0.244 e. The number of rotatable bonds is 6. The fraction of sp³-hybridized carbons (Fsp3) is 0.381. The van der Waals surface area contributed by atoms with Gasteiger partial charge in [0.1, 0.15) is 5.54 Å². The summed E-state index contributed by atoms with van der Waals surface area (Å²) >= 11 is 6.19. The van der Waals surface area contributed by atoms with Gasteiger partial charge in [0.05, 0.1) is 6.04 Å². The molecule has 0 radical (unpaired) electrons. The summed E-state index contributed by atoms with van der Waals surface area (Å²) in [6, 6.07) is 17.5. The summed E-state index contributed by atoms with van der Waals surface area (Å²) in [5.41, 5.74) is 7.20. The van der Waals surface area contributed by atoms with Crippen LogP contribution in [-0.4, -0.2) is 30.4 Å². The molecule has 1 amide bonds. The van der Waals surface area contributed by atoms with Crippen LogP contribution in [-0.2, 0) is 10.3 Å². The predicted octanol–water partition coefficient (Wildman–Crippen LogP) is 4.31. The van der Waals surface area contributed by atoms with Crippen molar-refractivity contribution in [2.24, 2.45) is 5.73 Å². The number of likely N-dealkylation sites (tertiary alicyclic amines) is 1. The molecule has 1 aliphatic rings. The average molecular weight is 445 g/mol. The topological polar surface area (TPSA) is 58.4 Å². The lowest BCUT2D eigenvalue weighted by Gasteiger charge is -2.30. The Morgan fingerprint density at radius 3 is 2.39 bits per heavy atom. The van der Waals surface area contributed by atoms with E-state index in [1.165, 1.54) is 12.8 Å². The number of halogens is 3. The van der Waals surface area contributed by atoms with Crippen molar-refractivity contribution in [1.29, 1.82) is 0 Å². The summed E-state index contributed by atoms with van der Waals surface area (Å²) in [7, 11) is 0. The number of hydrogen-bond donors (Lipinski definition) is 2. The quantitative estimate of drug-likeness (QED) is 0.698. The molecule has 7 heteroatoms. The van der Waals surface area contributed by atoms with E-state index in [1.54, 1.807) is 6.92 Å². The number of nitrogens with two attached hydrogens (primary N) is 1. The average Bonchev–Trinajstić information content (AvgIpc) is 3.17. The van der Waals surface area contributed by atoms with Crippen LogP contribution < -0.4 is 11.1 Å². The summed E-state index contributed by atoms with van der Waals surface area (Å²) in [6.45, 7) is 4.33. The highest BCUT2D eigenvalue weighted by Crippen LogP contribution is 2.27. The van der Waals surface area contributed by atoms with E-state index in [2.05, 4.69) is 16.3 Å². The number of amides is 1. The minimum absolute atomic E-state index is 0. The van der Waals surface area contributed by atoms with Crippen molar-refractivity contribution in [2.45, 2.75) is 31.3 Å². The van der Waals surface area contributed by atoms with Gasteiger partial charge in [-0.25, -0.2) is 0 Å². The van der Waals surface area contributed by atoms with Crippen molar-refractivity contribution < 1.29 is 4.79 Å². The Morgan fingerprint density at radius 1 is 1.14 bits per heavy atom. The molecule has 28 heavy (non-hydrogen) atoms. The van der Waals surface area contributed by atoms with Crippen molar-refractivity contribution in [3.63, 3.8) is 0 Å². The molecule has 3 rings (SSSR count). The van der Waals surface area contributed by atoms with Gasteiger partial charge < -0.3 is 11.1 Å². The molecule has 1 aliphatic heterocycles. The minimum atomic E-state index is -1.06. The van der Waals surface area contributed by atoms with Crippen molar-refractivity contribution in [1.82, 2.24) is 10.2 Å². The van der Waals surface area contributed by atoms with E-state index in [4.69, 9.17) is 17.3 Å². The molecule has 1 fully saturated rings. The molecule has 1 saturated heterocycles. The number of nitrogens with one attached hydrogen (secondary N) is 1. The Morgan fingerprint density at radius 2 is 1.79 bits per heavy atom. The Bertz CT molecular complexity index is 750. The van der Waals surface area contributed by atoms with Gasteiger partial charge in [0.2, 0.25) is 5.91 Å². The molecule has 2 aromatic carbocycles. The van der Waals surface area contributed by atoms with Crippen LogP contribution in [0, 0.1) is 0 Å². The van der Waals surface area contributed by atoms with Crippen molar-refractivity contribution in [3.8, 4) is 0 Å². The molecule has 3 N–H and O–H groups in total. The molecule has 2 aromatic rings. The number of benzene rings is 2. The first-order valence-electron chi connectivity index (χ1n) is 9.10. The zero-order chi connectivity index (χ0) is 18.6. The van der Waals surface area contributed by atoms with Gasteiger partial charge in [0, 0.05) is 11.6 Å². The molecule has 154 valence electrons. The second-order valence-electron chi connectivity index (χ2n) is 7.09. The fourth-order valence-corrected chi connectivity index (χ4v) is 3.71. The second kappa shape index (κ2) is 11.0. The molecular formula is C21H28Cl3N3O. The lowest BCUT2D eigenvalue weighted by molar-refractivity contribution is -0.126. The second-order valence-corrected chi connectivity index (χ2v) is 7.53. The van der Waals surface area contributed by atoms with Crippen LogP contribution in [0.2, 0.25) is 5.02 Å². The zero-order valence-electron chi connectivity index (χ0n) is 15.9. The van der Waals surface area contributed by atoms with Gasteiger partial charge in [0.15, 0.2) is 0 Å². The van der Waals surface area contributed by atoms with Gasteiger partial charge >= 0.3 is 0 Å². The lowest BCUT2D eigenvalue weighted by Crippen LogP contribution is -2.50. The third kappa shape index (κ3) is 5.85. The van der Waals surface area contributed by atoms with E-state index < -0.39 is 5.54 Å². The maximum Gasteiger partial charge on any atom is 0.244 e. The van der Waals surface area contributed by atoms with Crippen LogP contribution in [0.4, 0.5) is 0 Å². The summed E-state index contributed by atoms with van der Waals surface area (Å²) < 4.78 is 0. The lowest BCUT2D eigenvalue weighted by atomic mass is 9.92. The van der Waals surface area contributed by atoms with Gasteiger partial charge in [-0.05, 0) is 56.1 Å². The summed E-state index contributed by atoms with van der Waals surface area (Å²) in [6.07, 6.45) is 2.37. The van der Waals surface area contributed by atoms with Crippen LogP contribution >= 0.6 is 36.4 Å². The first kappa shape index (κ1) is 24.7.